The topological polar surface area (TPSA) is 43.8 Å². The number of rotatable bonds is 5. The van der Waals surface area contributed by atoms with E-state index in [2.05, 4.69) is 0 Å². The van der Waals surface area contributed by atoms with Crippen molar-refractivity contribution in [3.63, 3.8) is 0 Å². The molecular formula is C8H18N2O2. The van der Waals surface area contributed by atoms with Gasteiger partial charge in [0.1, 0.15) is 0 Å². The first-order chi connectivity index (χ1) is 5.57. The summed E-state index contributed by atoms with van der Waals surface area (Å²) in [6.07, 6.45) is 0.517. The smallest absolute Gasteiger partial charge is 0.223 e. The summed E-state index contributed by atoms with van der Waals surface area (Å²) in [5.74, 6) is 0.125. The SMILES string of the molecule is CN(CCO)CCC(=O)N(C)C. The number of aliphatic hydroxyl groups excluding tert-OH is 1. The van der Waals surface area contributed by atoms with E-state index in [1.165, 1.54) is 0 Å². The first-order valence-electron chi connectivity index (χ1n) is 4.07. The van der Waals surface area contributed by atoms with E-state index < -0.39 is 0 Å². The Hall–Kier alpha value is -0.610. The molecule has 0 spiro atoms. The van der Waals surface area contributed by atoms with E-state index in [9.17, 15) is 4.79 Å². The van der Waals surface area contributed by atoms with Crippen molar-refractivity contribution < 1.29 is 9.90 Å². The molecule has 0 radical (unpaired) electrons. The summed E-state index contributed by atoms with van der Waals surface area (Å²) in [7, 11) is 5.38. The second kappa shape index (κ2) is 5.97. The van der Waals surface area contributed by atoms with Crippen LogP contribution in [0.3, 0.4) is 0 Å². The van der Waals surface area contributed by atoms with Crippen LogP contribution in [0.25, 0.3) is 0 Å². The molecule has 0 saturated carbocycles. The zero-order chi connectivity index (χ0) is 9.56. The van der Waals surface area contributed by atoms with Gasteiger partial charge in [0.15, 0.2) is 0 Å². The minimum absolute atomic E-state index is 0.125. The van der Waals surface area contributed by atoms with E-state index >= 15 is 0 Å². The van der Waals surface area contributed by atoms with Crippen LogP contribution < -0.4 is 0 Å². The Morgan fingerprint density at radius 2 is 1.83 bits per heavy atom. The number of nitrogens with zero attached hydrogens (tertiary/aromatic N) is 2. The lowest BCUT2D eigenvalue weighted by molar-refractivity contribution is -0.129. The van der Waals surface area contributed by atoms with Gasteiger partial charge in [0.2, 0.25) is 5.91 Å². The maximum Gasteiger partial charge on any atom is 0.223 e. The van der Waals surface area contributed by atoms with Crippen molar-refractivity contribution in [3.8, 4) is 0 Å². The number of likely N-dealkylation sites (N-methyl/N-ethyl adjacent to an activating group) is 1. The summed E-state index contributed by atoms with van der Waals surface area (Å²) in [4.78, 5) is 14.6. The molecule has 1 N–H and O–H groups in total. The zero-order valence-corrected chi connectivity index (χ0v) is 8.08. The molecule has 12 heavy (non-hydrogen) atoms. The number of carbonyl (C=O) groups excluding carboxylic acids is 1. The van der Waals surface area contributed by atoms with Gasteiger partial charge in [-0.15, -0.1) is 0 Å². The van der Waals surface area contributed by atoms with Crippen LogP contribution in [0.15, 0.2) is 0 Å². The van der Waals surface area contributed by atoms with Crippen LogP contribution in [0, 0.1) is 0 Å². The van der Waals surface area contributed by atoms with Gasteiger partial charge in [-0.2, -0.15) is 0 Å². The third-order valence-corrected chi connectivity index (χ3v) is 1.69. The molecule has 0 fully saturated rings. The van der Waals surface area contributed by atoms with Crippen LogP contribution in [0.5, 0.6) is 0 Å². The average molecular weight is 174 g/mol. The Balaban J connectivity index is 3.47. The van der Waals surface area contributed by atoms with E-state index in [0.29, 0.717) is 19.5 Å². The number of amides is 1. The molecule has 0 aromatic heterocycles. The third kappa shape index (κ3) is 5.09. The van der Waals surface area contributed by atoms with Gasteiger partial charge in [-0.25, -0.2) is 0 Å². The summed E-state index contributed by atoms with van der Waals surface area (Å²) in [6.45, 7) is 1.48. The molecule has 0 aromatic carbocycles. The van der Waals surface area contributed by atoms with Crippen molar-refractivity contribution in [2.45, 2.75) is 6.42 Å². The zero-order valence-electron chi connectivity index (χ0n) is 8.08. The Kier molecular flexibility index (Phi) is 5.66. The quantitative estimate of drug-likeness (QED) is 0.604. The molecule has 0 rings (SSSR count). The van der Waals surface area contributed by atoms with Crippen molar-refractivity contribution in [2.75, 3.05) is 40.8 Å². The minimum atomic E-state index is 0.125. The van der Waals surface area contributed by atoms with E-state index in [-0.39, 0.29) is 12.5 Å². The molecule has 0 aliphatic heterocycles. The normalized spacial score (nSPS) is 10.4. The third-order valence-electron chi connectivity index (χ3n) is 1.69. The van der Waals surface area contributed by atoms with Crippen LogP contribution in [0.4, 0.5) is 0 Å². The molecule has 4 heteroatoms. The van der Waals surface area contributed by atoms with Gasteiger partial charge < -0.3 is 14.9 Å². The molecule has 0 aliphatic carbocycles. The Morgan fingerprint density at radius 1 is 1.25 bits per heavy atom. The van der Waals surface area contributed by atoms with Gasteiger partial charge in [-0.1, -0.05) is 0 Å². The first-order valence-corrected chi connectivity index (χ1v) is 4.07. The minimum Gasteiger partial charge on any atom is -0.395 e. The molecule has 0 bridgehead atoms. The Morgan fingerprint density at radius 3 is 2.25 bits per heavy atom. The molecule has 0 unspecified atom stereocenters. The molecule has 72 valence electrons. The van der Waals surface area contributed by atoms with Crippen LogP contribution in [0.1, 0.15) is 6.42 Å². The van der Waals surface area contributed by atoms with Crippen molar-refractivity contribution in [1.29, 1.82) is 0 Å². The number of aliphatic hydroxyl groups is 1. The number of hydrogen-bond acceptors (Lipinski definition) is 3. The predicted octanol–water partition coefficient (Wildman–Crippen LogP) is -0.611. The highest BCUT2D eigenvalue weighted by molar-refractivity contribution is 5.75. The summed E-state index contributed by atoms with van der Waals surface area (Å²) in [5, 5.41) is 8.57. The van der Waals surface area contributed by atoms with Crippen molar-refractivity contribution in [2.24, 2.45) is 0 Å². The highest BCUT2D eigenvalue weighted by Gasteiger charge is 2.05. The predicted molar refractivity (Wildman–Crippen MR) is 47.9 cm³/mol. The standard InChI is InChI=1S/C8H18N2O2/c1-9(2)8(12)4-5-10(3)6-7-11/h11H,4-7H2,1-3H3. The number of hydrogen-bond donors (Lipinski definition) is 1. The lowest BCUT2D eigenvalue weighted by atomic mass is 10.3. The number of carbonyl (C=O) groups is 1. The Bertz CT molecular complexity index is 137. The maximum atomic E-state index is 11.1. The van der Waals surface area contributed by atoms with Gasteiger partial charge in [0, 0.05) is 33.6 Å². The Labute approximate surface area is 73.8 Å². The fraction of sp³-hybridized carbons (Fsp3) is 0.875. The molecule has 4 nitrogen and oxygen atoms in total. The lowest BCUT2D eigenvalue weighted by Gasteiger charge is -2.16. The average Bonchev–Trinajstić information content (AvgIpc) is 2.00. The molecule has 0 aliphatic rings. The summed E-state index contributed by atoms with van der Waals surface area (Å²) < 4.78 is 0. The van der Waals surface area contributed by atoms with Gasteiger partial charge >= 0.3 is 0 Å². The van der Waals surface area contributed by atoms with Crippen molar-refractivity contribution in [3.05, 3.63) is 0 Å². The van der Waals surface area contributed by atoms with E-state index in [4.69, 9.17) is 5.11 Å². The van der Waals surface area contributed by atoms with E-state index in [1.807, 2.05) is 11.9 Å². The fourth-order valence-electron chi connectivity index (χ4n) is 0.793. The molecule has 0 saturated heterocycles. The highest BCUT2D eigenvalue weighted by Crippen LogP contribution is 1.90. The second-order valence-corrected chi connectivity index (χ2v) is 3.07. The molecule has 0 atom stereocenters. The second-order valence-electron chi connectivity index (χ2n) is 3.07. The van der Waals surface area contributed by atoms with E-state index in [1.54, 1.807) is 19.0 Å². The molecule has 0 aromatic rings. The highest BCUT2D eigenvalue weighted by atomic mass is 16.3. The summed E-state index contributed by atoms with van der Waals surface area (Å²) >= 11 is 0. The largest absolute Gasteiger partial charge is 0.395 e. The first kappa shape index (κ1) is 11.4. The molecule has 1 amide bonds. The summed E-state index contributed by atoms with van der Waals surface area (Å²) in [6, 6.07) is 0. The monoisotopic (exact) mass is 174 g/mol. The molecular weight excluding hydrogens is 156 g/mol. The van der Waals surface area contributed by atoms with Crippen LogP contribution in [-0.2, 0) is 4.79 Å². The van der Waals surface area contributed by atoms with Crippen LogP contribution in [0.2, 0.25) is 0 Å². The molecule has 0 heterocycles. The van der Waals surface area contributed by atoms with Gasteiger partial charge in [-0.05, 0) is 7.05 Å². The van der Waals surface area contributed by atoms with Crippen LogP contribution >= 0.6 is 0 Å². The van der Waals surface area contributed by atoms with Crippen LogP contribution in [-0.4, -0.2) is 61.7 Å². The lowest BCUT2D eigenvalue weighted by Crippen LogP contribution is -2.29. The van der Waals surface area contributed by atoms with Crippen molar-refractivity contribution >= 4 is 5.91 Å². The van der Waals surface area contributed by atoms with Crippen molar-refractivity contribution in [1.82, 2.24) is 9.80 Å². The van der Waals surface area contributed by atoms with Gasteiger partial charge in [-0.3, -0.25) is 4.79 Å². The maximum absolute atomic E-state index is 11.1. The summed E-state index contributed by atoms with van der Waals surface area (Å²) in [5.41, 5.74) is 0. The van der Waals surface area contributed by atoms with E-state index in [0.717, 1.165) is 0 Å². The van der Waals surface area contributed by atoms with Gasteiger partial charge in [0.05, 0.1) is 6.61 Å². The fourth-order valence-corrected chi connectivity index (χ4v) is 0.793. The van der Waals surface area contributed by atoms with Gasteiger partial charge in [0.25, 0.3) is 0 Å².